The summed E-state index contributed by atoms with van der Waals surface area (Å²) in [7, 11) is 1.94. The summed E-state index contributed by atoms with van der Waals surface area (Å²) >= 11 is 0. The minimum Gasteiger partial charge on any atom is -0.351 e. The van der Waals surface area contributed by atoms with Gasteiger partial charge in [-0.05, 0) is 36.4 Å². The van der Waals surface area contributed by atoms with Crippen LogP contribution in [0, 0.1) is 0 Å². The van der Waals surface area contributed by atoms with Crippen LogP contribution in [0.5, 0.6) is 0 Å². The second kappa shape index (κ2) is 8.35. The van der Waals surface area contributed by atoms with Gasteiger partial charge in [0.05, 0.1) is 6.04 Å². The molecule has 0 radical (unpaired) electrons. The monoisotopic (exact) mass is 350 g/mol. The van der Waals surface area contributed by atoms with Crippen LogP contribution in [-0.4, -0.2) is 44.5 Å². The fraction of sp³-hybridized carbons (Fsp3) is 0.263. The number of likely N-dealkylation sites (N-methyl/N-ethyl adjacent to an activating group) is 1. The van der Waals surface area contributed by atoms with Gasteiger partial charge in [0.2, 0.25) is 11.7 Å². The van der Waals surface area contributed by atoms with Crippen molar-refractivity contribution in [2.75, 3.05) is 7.05 Å². The average molecular weight is 350 g/mol. The quantitative estimate of drug-likeness (QED) is 0.681. The standard InChI is InChI=1S/C19H22N6O/c1-14(19(26)20-12-15-7-4-3-5-8-15)25(2)13-16-9-6-10-17(11-16)18-21-23-24-22-18/h3-11,14H,12-13H2,1-2H3,(H,20,26)(H,21,22,23,24)/t14-/m0/s1. The molecule has 0 aliphatic carbocycles. The van der Waals surface area contributed by atoms with E-state index >= 15 is 0 Å². The third-order valence-corrected chi connectivity index (χ3v) is 4.31. The van der Waals surface area contributed by atoms with Gasteiger partial charge in [-0.3, -0.25) is 9.69 Å². The number of nitrogens with one attached hydrogen (secondary N) is 2. The molecule has 7 heteroatoms. The molecule has 0 unspecified atom stereocenters. The number of rotatable bonds is 7. The minimum absolute atomic E-state index is 0.00526. The molecule has 0 aliphatic heterocycles. The maximum atomic E-state index is 12.4. The Hall–Kier alpha value is -3.06. The lowest BCUT2D eigenvalue weighted by Gasteiger charge is -2.24. The van der Waals surface area contributed by atoms with Crippen LogP contribution < -0.4 is 5.32 Å². The summed E-state index contributed by atoms with van der Waals surface area (Å²) in [4.78, 5) is 14.4. The van der Waals surface area contributed by atoms with Crippen molar-refractivity contribution < 1.29 is 4.79 Å². The van der Waals surface area contributed by atoms with E-state index in [0.29, 0.717) is 18.9 Å². The smallest absolute Gasteiger partial charge is 0.237 e. The van der Waals surface area contributed by atoms with Crippen molar-refractivity contribution in [3.8, 4) is 11.4 Å². The number of aromatic nitrogens is 4. The zero-order valence-corrected chi connectivity index (χ0v) is 14.9. The molecule has 2 aromatic carbocycles. The normalized spacial score (nSPS) is 12.1. The third-order valence-electron chi connectivity index (χ3n) is 4.31. The van der Waals surface area contributed by atoms with Crippen molar-refractivity contribution in [2.24, 2.45) is 0 Å². The van der Waals surface area contributed by atoms with Crippen LogP contribution in [0.3, 0.4) is 0 Å². The predicted molar refractivity (Wildman–Crippen MR) is 98.8 cm³/mol. The first-order valence-electron chi connectivity index (χ1n) is 8.48. The Labute approximate surface area is 152 Å². The summed E-state index contributed by atoms with van der Waals surface area (Å²) < 4.78 is 0. The highest BCUT2D eigenvalue weighted by Gasteiger charge is 2.18. The Morgan fingerprint density at radius 3 is 2.65 bits per heavy atom. The van der Waals surface area contributed by atoms with E-state index in [0.717, 1.165) is 16.7 Å². The number of carbonyl (C=O) groups excluding carboxylic acids is 1. The molecular weight excluding hydrogens is 328 g/mol. The van der Waals surface area contributed by atoms with E-state index in [1.807, 2.05) is 73.5 Å². The SMILES string of the molecule is C[C@@H](C(=O)NCc1ccccc1)N(C)Cc1cccc(-c2nn[nH]n2)c1. The first-order valence-corrected chi connectivity index (χ1v) is 8.48. The number of carbonyl (C=O) groups is 1. The molecule has 1 atom stereocenters. The van der Waals surface area contributed by atoms with Crippen LogP contribution in [0.15, 0.2) is 54.6 Å². The number of hydrogen-bond donors (Lipinski definition) is 2. The molecule has 0 fully saturated rings. The van der Waals surface area contributed by atoms with Gasteiger partial charge in [0.25, 0.3) is 0 Å². The van der Waals surface area contributed by atoms with Crippen molar-refractivity contribution >= 4 is 5.91 Å². The molecule has 0 saturated carbocycles. The maximum absolute atomic E-state index is 12.4. The predicted octanol–water partition coefficient (Wildman–Crippen LogP) is 2.00. The van der Waals surface area contributed by atoms with E-state index in [9.17, 15) is 4.79 Å². The Morgan fingerprint density at radius 2 is 1.92 bits per heavy atom. The van der Waals surface area contributed by atoms with Gasteiger partial charge in [0, 0.05) is 18.7 Å². The summed E-state index contributed by atoms with van der Waals surface area (Å²) in [6.07, 6.45) is 0. The fourth-order valence-corrected chi connectivity index (χ4v) is 2.65. The largest absolute Gasteiger partial charge is 0.351 e. The summed E-state index contributed by atoms with van der Waals surface area (Å²) in [5.41, 5.74) is 3.06. The van der Waals surface area contributed by atoms with E-state index in [-0.39, 0.29) is 11.9 Å². The maximum Gasteiger partial charge on any atom is 0.237 e. The first kappa shape index (κ1) is 17.8. The van der Waals surface area contributed by atoms with E-state index < -0.39 is 0 Å². The van der Waals surface area contributed by atoms with Crippen molar-refractivity contribution in [2.45, 2.75) is 26.1 Å². The van der Waals surface area contributed by atoms with Crippen LogP contribution in [0.4, 0.5) is 0 Å². The molecule has 0 aliphatic rings. The zero-order chi connectivity index (χ0) is 18.4. The summed E-state index contributed by atoms with van der Waals surface area (Å²) in [6.45, 7) is 3.08. The van der Waals surface area contributed by atoms with Gasteiger partial charge in [0.15, 0.2) is 0 Å². The molecular formula is C19H22N6O. The van der Waals surface area contributed by atoms with Crippen LogP contribution in [0.1, 0.15) is 18.1 Å². The number of amides is 1. The number of tetrazole rings is 1. The molecule has 1 amide bonds. The van der Waals surface area contributed by atoms with Crippen LogP contribution in [-0.2, 0) is 17.9 Å². The zero-order valence-electron chi connectivity index (χ0n) is 14.9. The van der Waals surface area contributed by atoms with Gasteiger partial charge in [-0.1, -0.05) is 48.5 Å². The van der Waals surface area contributed by atoms with E-state index in [1.54, 1.807) is 0 Å². The molecule has 26 heavy (non-hydrogen) atoms. The lowest BCUT2D eigenvalue weighted by molar-refractivity contribution is -0.125. The van der Waals surface area contributed by atoms with E-state index in [4.69, 9.17) is 0 Å². The average Bonchev–Trinajstić information content (AvgIpc) is 3.21. The molecule has 2 N–H and O–H groups in total. The van der Waals surface area contributed by atoms with E-state index in [2.05, 4.69) is 25.9 Å². The van der Waals surface area contributed by atoms with Gasteiger partial charge in [-0.25, -0.2) is 0 Å². The van der Waals surface area contributed by atoms with Gasteiger partial charge >= 0.3 is 0 Å². The molecule has 1 heterocycles. The minimum atomic E-state index is -0.243. The van der Waals surface area contributed by atoms with Crippen molar-refractivity contribution in [3.05, 3.63) is 65.7 Å². The highest BCUT2D eigenvalue weighted by molar-refractivity contribution is 5.81. The number of nitrogens with zero attached hydrogens (tertiary/aromatic N) is 4. The molecule has 7 nitrogen and oxygen atoms in total. The summed E-state index contributed by atoms with van der Waals surface area (Å²) in [6, 6.07) is 17.6. The van der Waals surface area contributed by atoms with Crippen molar-refractivity contribution in [1.82, 2.24) is 30.8 Å². The lowest BCUT2D eigenvalue weighted by atomic mass is 10.1. The second-order valence-electron chi connectivity index (χ2n) is 6.23. The number of aromatic amines is 1. The molecule has 1 aromatic heterocycles. The number of hydrogen-bond acceptors (Lipinski definition) is 5. The highest BCUT2D eigenvalue weighted by atomic mass is 16.2. The van der Waals surface area contributed by atoms with Gasteiger partial charge in [-0.2, -0.15) is 5.21 Å². The first-order chi connectivity index (χ1) is 12.6. The Bertz CT molecular complexity index is 834. The van der Waals surface area contributed by atoms with Gasteiger partial charge < -0.3 is 5.32 Å². The third kappa shape index (κ3) is 4.52. The van der Waals surface area contributed by atoms with Crippen molar-refractivity contribution in [3.63, 3.8) is 0 Å². The summed E-state index contributed by atoms with van der Waals surface area (Å²) in [5, 5.41) is 17.0. The van der Waals surface area contributed by atoms with Crippen LogP contribution in [0.2, 0.25) is 0 Å². The lowest BCUT2D eigenvalue weighted by Crippen LogP contribution is -2.42. The van der Waals surface area contributed by atoms with E-state index in [1.165, 1.54) is 0 Å². The van der Waals surface area contributed by atoms with Gasteiger partial charge in [0.1, 0.15) is 0 Å². The molecule has 0 saturated heterocycles. The van der Waals surface area contributed by atoms with Crippen LogP contribution in [0.25, 0.3) is 11.4 Å². The van der Waals surface area contributed by atoms with Crippen LogP contribution >= 0.6 is 0 Å². The van der Waals surface area contributed by atoms with Gasteiger partial charge in [-0.15, -0.1) is 10.2 Å². The fourth-order valence-electron chi connectivity index (χ4n) is 2.65. The summed E-state index contributed by atoms with van der Waals surface area (Å²) in [5.74, 6) is 0.564. The Kier molecular flexibility index (Phi) is 5.70. The molecule has 3 aromatic rings. The number of benzene rings is 2. The topological polar surface area (TPSA) is 86.8 Å². The number of H-pyrrole nitrogens is 1. The molecule has 3 rings (SSSR count). The van der Waals surface area contributed by atoms with Crippen molar-refractivity contribution in [1.29, 1.82) is 0 Å². The highest BCUT2D eigenvalue weighted by Crippen LogP contribution is 2.16. The Morgan fingerprint density at radius 1 is 1.15 bits per heavy atom. The Balaban J connectivity index is 1.57. The molecule has 0 bridgehead atoms. The molecule has 134 valence electrons. The second-order valence-corrected chi connectivity index (χ2v) is 6.23. The molecule has 0 spiro atoms.